The Labute approximate surface area is 232 Å². The Morgan fingerprint density at radius 3 is 2.56 bits per heavy atom. The molecule has 2 fully saturated rings. The van der Waals surface area contributed by atoms with Gasteiger partial charge in [-0.3, -0.25) is 10.7 Å². The topological polar surface area (TPSA) is 137 Å². The number of carboxylic acid groups (broad SMARTS) is 1. The van der Waals surface area contributed by atoms with Crippen LogP contribution in [0.25, 0.3) is 22.4 Å². The van der Waals surface area contributed by atoms with Gasteiger partial charge in [-0.05, 0) is 68.4 Å². The highest BCUT2D eigenvalue weighted by atomic mass is 35.5. The molecule has 1 amide bonds. The normalized spacial score (nSPS) is 21.0. The Balaban J connectivity index is 1.67. The van der Waals surface area contributed by atoms with Gasteiger partial charge in [0.25, 0.3) is 0 Å². The Bertz CT molecular complexity index is 1370. The Hall–Kier alpha value is -3.30. The predicted octanol–water partition coefficient (Wildman–Crippen LogP) is 6.35. The van der Waals surface area contributed by atoms with E-state index in [0.717, 1.165) is 51.4 Å². The fourth-order valence-electron chi connectivity index (χ4n) is 6.10. The van der Waals surface area contributed by atoms with Crippen LogP contribution in [0.4, 0.5) is 4.79 Å². The van der Waals surface area contributed by atoms with Gasteiger partial charge in [0.2, 0.25) is 0 Å². The Kier molecular flexibility index (Phi) is 8.28. The number of aromatic nitrogens is 4. The van der Waals surface area contributed by atoms with Crippen LogP contribution in [0.15, 0.2) is 36.9 Å². The van der Waals surface area contributed by atoms with E-state index in [9.17, 15) is 15.0 Å². The number of rotatable bonds is 7. The molecule has 39 heavy (non-hydrogen) atoms. The minimum Gasteiger partial charge on any atom is -0.465 e. The second-order valence-electron chi connectivity index (χ2n) is 10.8. The molecule has 206 valence electrons. The number of aliphatic hydroxyl groups excluding tert-OH is 1. The minimum absolute atomic E-state index is 0.0882. The summed E-state index contributed by atoms with van der Waals surface area (Å²) in [6.07, 6.45) is 9.43. The molecule has 3 aromatic rings. The highest BCUT2D eigenvalue weighted by Gasteiger charge is 2.31. The maximum atomic E-state index is 11.6. The van der Waals surface area contributed by atoms with Crippen LogP contribution < -0.4 is 5.32 Å². The molecular formula is C29H35ClN6O3. The number of carbonyl (C=O) groups is 1. The molecular weight excluding hydrogens is 516 g/mol. The minimum atomic E-state index is -1.37. The number of hydrogen-bond acceptors (Lipinski definition) is 6. The number of nitrogens with one attached hydrogen (secondary N) is 2. The van der Waals surface area contributed by atoms with E-state index in [1.54, 1.807) is 12.1 Å². The summed E-state index contributed by atoms with van der Waals surface area (Å²) in [5, 5.41) is 31.6. The zero-order chi connectivity index (χ0) is 27.5. The summed E-state index contributed by atoms with van der Waals surface area (Å²) in [5.74, 6) is 1.08. The van der Waals surface area contributed by atoms with E-state index in [2.05, 4.69) is 21.1 Å². The Morgan fingerprint density at radius 1 is 1.15 bits per heavy atom. The summed E-state index contributed by atoms with van der Waals surface area (Å²) in [6.45, 7) is 4.64. The molecule has 2 heterocycles. The van der Waals surface area contributed by atoms with Gasteiger partial charge in [-0.1, -0.05) is 49.1 Å². The number of benzene rings is 1. The summed E-state index contributed by atoms with van der Waals surface area (Å²) in [7, 11) is 0. The number of fused-ring (bicyclic) bond motifs is 1. The van der Waals surface area contributed by atoms with Crippen molar-refractivity contribution in [2.45, 2.75) is 70.4 Å². The molecule has 5 rings (SSSR count). The lowest BCUT2D eigenvalue weighted by molar-refractivity contribution is 0.0731. The molecule has 1 unspecified atom stereocenters. The third-order valence-electron chi connectivity index (χ3n) is 8.21. The molecule has 1 aromatic carbocycles. The number of nitrogens with zero attached hydrogens (tertiary/aromatic N) is 4. The van der Waals surface area contributed by atoms with Crippen molar-refractivity contribution in [2.24, 2.45) is 17.8 Å². The second kappa shape index (κ2) is 11.8. The molecule has 0 spiro atoms. The van der Waals surface area contributed by atoms with Gasteiger partial charge in [-0.25, -0.2) is 19.7 Å². The first kappa shape index (κ1) is 27.3. The maximum Gasteiger partial charge on any atom is 0.410 e. The van der Waals surface area contributed by atoms with Crippen molar-refractivity contribution < 1.29 is 15.0 Å². The quantitative estimate of drug-likeness (QED) is 0.154. The average Bonchev–Trinajstić information content (AvgIpc) is 3.30. The third-order valence-corrected chi connectivity index (χ3v) is 8.45. The monoisotopic (exact) mass is 550 g/mol. The van der Waals surface area contributed by atoms with Crippen LogP contribution in [0.2, 0.25) is 5.02 Å². The van der Waals surface area contributed by atoms with Gasteiger partial charge in [0.05, 0.1) is 0 Å². The molecule has 1 atom stereocenters. The number of aliphatic hydroxyl groups is 1. The van der Waals surface area contributed by atoms with Gasteiger partial charge in [0.15, 0.2) is 17.3 Å². The summed E-state index contributed by atoms with van der Waals surface area (Å²) >= 11 is 6.35. The SMILES string of the molecule is C=C[C@H]1CC[C@H](Cn2c(C(O)C3CCCCC3)nc3nc(C(=N)NC(=O)O)nc(-c4cccc(Cl)c4)c32)CC1. The van der Waals surface area contributed by atoms with E-state index >= 15 is 0 Å². The first-order valence-corrected chi connectivity index (χ1v) is 14.2. The highest BCUT2D eigenvalue weighted by molar-refractivity contribution is 6.30. The number of hydrogen-bond donors (Lipinski definition) is 4. The summed E-state index contributed by atoms with van der Waals surface area (Å²) < 4.78 is 2.09. The highest BCUT2D eigenvalue weighted by Crippen LogP contribution is 2.39. The van der Waals surface area contributed by atoms with Crippen LogP contribution in [0.1, 0.15) is 75.5 Å². The van der Waals surface area contributed by atoms with E-state index in [0.29, 0.717) is 51.6 Å². The van der Waals surface area contributed by atoms with Crippen molar-refractivity contribution in [3.8, 4) is 11.3 Å². The first-order chi connectivity index (χ1) is 18.8. The molecule has 2 saturated carbocycles. The fraction of sp³-hybridized carbons (Fsp3) is 0.483. The van der Waals surface area contributed by atoms with Gasteiger partial charge < -0.3 is 14.8 Å². The third kappa shape index (κ3) is 5.99. The van der Waals surface area contributed by atoms with E-state index in [-0.39, 0.29) is 11.7 Å². The molecule has 4 N–H and O–H groups in total. The van der Waals surface area contributed by atoms with E-state index in [1.807, 2.05) is 23.5 Å². The maximum absolute atomic E-state index is 11.6. The fourth-order valence-corrected chi connectivity index (χ4v) is 6.29. The standard InChI is InChI=1S/C29H35ClN6O3/c1-2-17-11-13-18(14-12-17)16-36-23-22(20-9-6-10-21(30)15-20)32-27(25(31)33-29(38)39)34-26(23)35-28(36)24(37)19-7-4-3-5-8-19/h2,6,9-10,15,17-19,24,37H,1,3-5,7-8,11-14,16H2,(H2,31,33)(H,38,39)/t17-,18-,24?. The summed E-state index contributed by atoms with van der Waals surface area (Å²) in [4.78, 5) is 25.3. The van der Waals surface area contributed by atoms with Crippen LogP contribution in [0.3, 0.4) is 0 Å². The molecule has 9 nitrogen and oxygen atoms in total. The number of amides is 1. The van der Waals surface area contributed by atoms with Crippen molar-refractivity contribution in [2.75, 3.05) is 0 Å². The lowest BCUT2D eigenvalue weighted by atomic mass is 9.82. The number of allylic oxidation sites excluding steroid dienone is 1. The largest absolute Gasteiger partial charge is 0.465 e. The van der Waals surface area contributed by atoms with Crippen LogP contribution in [-0.4, -0.2) is 41.7 Å². The second-order valence-corrected chi connectivity index (χ2v) is 11.3. The van der Waals surface area contributed by atoms with E-state index in [1.165, 1.54) is 6.42 Å². The zero-order valence-corrected chi connectivity index (χ0v) is 22.7. The lowest BCUT2D eigenvalue weighted by Gasteiger charge is -2.30. The molecule has 2 aliphatic rings. The first-order valence-electron chi connectivity index (χ1n) is 13.8. The number of imidazole rings is 1. The van der Waals surface area contributed by atoms with Crippen molar-refractivity contribution in [3.63, 3.8) is 0 Å². The van der Waals surface area contributed by atoms with Crippen molar-refractivity contribution in [1.29, 1.82) is 5.41 Å². The van der Waals surface area contributed by atoms with Crippen LogP contribution >= 0.6 is 11.6 Å². The van der Waals surface area contributed by atoms with Crippen LogP contribution in [-0.2, 0) is 6.54 Å². The molecule has 0 aliphatic heterocycles. The lowest BCUT2D eigenvalue weighted by Crippen LogP contribution is -2.30. The molecule has 0 bridgehead atoms. The van der Waals surface area contributed by atoms with E-state index in [4.69, 9.17) is 22.0 Å². The Morgan fingerprint density at radius 2 is 1.90 bits per heavy atom. The molecule has 2 aliphatic carbocycles. The van der Waals surface area contributed by atoms with Crippen molar-refractivity contribution >= 4 is 34.7 Å². The number of halogens is 1. The van der Waals surface area contributed by atoms with E-state index < -0.39 is 18.0 Å². The number of amidine groups is 1. The van der Waals surface area contributed by atoms with Crippen molar-refractivity contribution in [3.05, 3.63) is 53.6 Å². The van der Waals surface area contributed by atoms with Gasteiger partial charge >= 0.3 is 6.09 Å². The van der Waals surface area contributed by atoms with Crippen molar-refractivity contribution in [1.82, 2.24) is 24.8 Å². The summed E-state index contributed by atoms with van der Waals surface area (Å²) in [5.41, 5.74) is 2.20. The van der Waals surface area contributed by atoms with Gasteiger partial charge in [0, 0.05) is 17.1 Å². The summed E-state index contributed by atoms with van der Waals surface area (Å²) in [6, 6.07) is 7.24. The molecule has 2 aromatic heterocycles. The predicted molar refractivity (Wildman–Crippen MR) is 151 cm³/mol. The van der Waals surface area contributed by atoms with Gasteiger partial charge in [0.1, 0.15) is 23.1 Å². The smallest absolute Gasteiger partial charge is 0.410 e. The molecule has 10 heteroatoms. The molecule has 0 radical (unpaired) electrons. The van der Waals surface area contributed by atoms with Crippen LogP contribution in [0, 0.1) is 23.2 Å². The van der Waals surface area contributed by atoms with Gasteiger partial charge in [-0.15, -0.1) is 6.58 Å². The van der Waals surface area contributed by atoms with Gasteiger partial charge in [-0.2, -0.15) is 0 Å². The average molecular weight is 551 g/mol. The van der Waals surface area contributed by atoms with Crippen LogP contribution in [0.5, 0.6) is 0 Å². The zero-order valence-electron chi connectivity index (χ0n) is 21.9. The molecule has 0 saturated heterocycles.